The standard InChI is InChI=1S/C22H32N/c1-3-5-9-15-22(16-10-6-4-2)17-11-13-19-18-12-7-8-14-20(18)23-21(19)22/h7-8,12,14H,3-6,9-11,13,15-17H2,1-2H3. The zero-order valence-corrected chi connectivity index (χ0v) is 15.0. The number of benzene rings is 1. The molecule has 1 aliphatic carbocycles. The molecule has 1 nitrogen and oxygen atoms in total. The van der Waals surface area contributed by atoms with Crippen LogP contribution in [0.1, 0.15) is 90.0 Å². The van der Waals surface area contributed by atoms with Gasteiger partial charge in [-0.25, -0.2) is 0 Å². The Hall–Kier alpha value is -1.24. The maximum absolute atomic E-state index is 5.16. The molecule has 1 heterocycles. The summed E-state index contributed by atoms with van der Waals surface area (Å²) in [6.07, 6.45) is 14.7. The van der Waals surface area contributed by atoms with E-state index in [1.807, 2.05) is 0 Å². The average molecular weight is 311 g/mol. The maximum Gasteiger partial charge on any atom is 0.0709 e. The van der Waals surface area contributed by atoms with Crippen molar-refractivity contribution in [1.82, 2.24) is 5.32 Å². The molecule has 1 radical (unpaired) electrons. The van der Waals surface area contributed by atoms with Gasteiger partial charge in [-0.15, -0.1) is 0 Å². The van der Waals surface area contributed by atoms with Crippen molar-refractivity contribution >= 4 is 11.3 Å². The van der Waals surface area contributed by atoms with Gasteiger partial charge in [0, 0.05) is 11.0 Å². The Morgan fingerprint density at radius 3 is 2.35 bits per heavy atom. The fourth-order valence-electron chi connectivity index (χ4n) is 4.59. The van der Waals surface area contributed by atoms with Crippen molar-refractivity contribution < 1.29 is 0 Å². The number of hydrogen-bond acceptors (Lipinski definition) is 0. The third-order valence-corrected chi connectivity index (χ3v) is 5.85. The summed E-state index contributed by atoms with van der Waals surface area (Å²) in [7, 11) is 0. The lowest BCUT2D eigenvalue weighted by molar-refractivity contribution is 0.235. The van der Waals surface area contributed by atoms with E-state index in [9.17, 15) is 0 Å². The lowest BCUT2D eigenvalue weighted by Crippen LogP contribution is -2.29. The van der Waals surface area contributed by atoms with Gasteiger partial charge in [-0.05, 0) is 43.7 Å². The average Bonchev–Trinajstić information content (AvgIpc) is 2.96. The molecule has 1 aliphatic heterocycles. The third kappa shape index (κ3) is 3.34. The van der Waals surface area contributed by atoms with Crippen LogP contribution in [0, 0.1) is 5.41 Å². The minimum atomic E-state index is 0.372. The van der Waals surface area contributed by atoms with E-state index in [1.165, 1.54) is 87.6 Å². The second-order valence-corrected chi connectivity index (χ2v) is 7.50. The van der Waals surface area contributed by atoms with E-state index in [0.29, 0.717) is 5.41 Å². The smallest absolute Gasteiger partial charge is 0.0709 e. The van der Waals surface area contributed by atoms with Crippen LogP contribution in [0.3, 0.4) is 0 Å². The summed E-state index contributed by atoms with van der Waals surface area (Å²) >= 11 is 0. The van der Waals surface area contributed by atoms with Gasteiger partial charge in [0.2, 0.25) is 0 Å². The van der Waals surface area contributed by atoms with Gasteiger partial charge in [-0.3, -0.25) is 5.32 Å². The van der Waals surface area contributed by atoms with Gasteiger partial charge in [0.05, 0.1) is 11.4 Å². The van der Waals surface area contributed by atoms with Crippen LogP contribution in [-0.4, -0.2) is 0 Å². The Labute approximate surface area is 142 Å². The van der Waals surface area contributed by atoms with Gasteiger partial charge in [-0.2, -0.15) is 0 Å². The van der Waals surface area contributed by atoms with Gasteiger partial charge < -0.3 is 0 Å². The first-order valence-electron chi connectivity index (χ1n) is 9.85. The molecule has 23 heavy (non-hydrogen) atoms. The van der Waals surface area contributed by atoms with Crippen molar-refractivity contribution in [2.75, 3.05) is 0 Å². The van der Waals surface area contributed by atoms with E-state index in [4.69, 9.17) is 5.32 Å². The third-order valence-electron chi connectivity index (χ3n) is 5.85. The van der Waals surface area contributed by atoms with E-state index in [1.54, 1.807) is 5.57 Å². The van der Waals surface area contributed by atoms with Crippen LogP contribution in [0.15, 0.2) is 30.0 Å². The van der Waals surface area contributed by atoms with Crippen molar-refractivity contribution in [3.05, 3.63) is 35.5 Å². The number of hydrogen-bond donors (Lipinski definition) is 0. The van der Waals surface area contributed by atoms with Crippen LogP contribution in [0.2, 0.25) is 0 Å². The van der Waals surface area contributed by atoms with Crippen LogP contribution in [-0.2, 0) is 0 Å². The zero-order chi connectivity index (χ0) is 16.1. The van der Waals surface area contributed by atoms with Crippen LogP contribution in [0.5, 0.6) is 0 Å². The molecule has 0 saturated carbocycles. The summed E-state index contributed by atoms with van der Waals surface area (Å²) in [6.45, 7) is 4.62. The Morgan fingerprint density at radius 2 is 1.65 bits per heavy atom. The molecule has 0 atom stereocenters. The first-order chi connectivity index (χ1) is 11.3. The normalized spacial score (nSPS) is 18.5. The lowest BCUT2D eigenvalue weighted by Gasteiger charge is -2.39. The van der Waals surface area contributed by atoms with Crippen LogP contribution in [0.4, 0.5) is 5.69 Å². The van der Waals surface area contributed by atoms with Gasteiger partial charge >= 0.3 is 0 Å². The van der Waals surface area contributed by atoms with Gasteiger partial charge in [0.15, 0.2) is 0 Å². The summed E-state index contributed by atoms with van der Waals surface area (Å²) in [5.74, 6) is 0. The number of rotatable bonds is 8. The molecular weight excluding hydrogens is 278 g/mol. The highest BCUT2D eigenvalue weighted by atomic mass is 14.9. The second kappa shape index (κ2) is 7.55. The fraction of sp³-hybridized carbons (Fsp3) is 0.636. The molecule has 0 fully saturated rings. The van der Waals surface area contributed by atoms with E-state index < -0.39 is 0 Å². The summed E-state index contributed by atoms with van der Waals surface area (Å²) in [6, 6.07) is 8.80. The molecule has 0 spiro atoms. The quantitative estimate of drug-likeness (QED) is 0.460. The van der Waals surface area contributed by atoms with Crippen molar-refractivity contribution in [2.24, 2.45) is 5.41 Å². The topological polar surface area (TPSA) is 14.1 Å². The van der Waals surface area contributed by atoms with Crippen molar-refractivity contribution in [3.8, 4) is 0 Å². The van der Waals surface area contributed by atoms with Gasteiger partial charge in [0.25, 0.3) is 0 Å². The van der Waals surface area contributed by atoms with E-state index >= 15 is 0 Å². The molecule has 0 saturated heterocycles. The SMILES string of the molecule is CCCCCC1(CCCCC)CCCC2=C1[N]c1ccccc12. The molecule has 1 aromatic carbocycles. The highest BCUT2D eigenvalue weighted by Crippen LogP contribution is 2.54. The molecule has 0 unspecified atom stereocenters. The molecule has 2 aliphatic rings. The lowest BCUT2D eigenvalue weighted by atomic mass is 9.67. The summed E-state index contributed by atoms with van der Waals surface area (Å²) in [5.41, 5.74) is 6.10. The number of para-hydroxylation sites is 1. The maximum atomic E-state index is 5.16. The fourth-order valence-corrected chi connectivity index (χ4v) is 4.59. The predicted molar refractivity (Wildman–Crippen MR) is 99.7 cm³/mol. The summed E-state index contributed by atoms with van der Waals surface area (Å²) < 4.78 is 0. The molecule has 125 valence electrons. The van der Waals surface area contributed by atoms with Crippen molar-refractivity contribution in [2.45, 2.75) is 84.5 Å². The molecule has 0 bridgehead atoms. The summed E-state index contributed by atoms with van der Waals surface area (Å²) in [4.78, 5) is 0. The largest absolute Gasteiger partial charge is 0.252 e. The highest BCUT2D eigenvalue weighted by Gasteiger charge is 2.42. The minimum Gasteiger partial charge on any atom is -0.252 e. The summed E-state index contributed by atoms with van der Waals surface area (Å²) in [5, 5.41) is 5.16. The molecule has 0 N–H and O–H groups in total. The number of unbranched alkanes of at least 4 members (excludes halogenated alkanes) is 4. The number of nitrogens with zero attached hydrogens (tertiary/aromatic N) is 1. The van der Waals surface area contributed by atoms with E-state index in [2.05, 4.69) is 38.1 Å². The van der Waals surface area contributed by atoms with E-state index in [0.717, 1.165) is 0 Å². The molecule has 1 heteroatoms. The molecule has 0 amide bonds. The van der Waals surface area contributed by atoms with Crippen LogP contribution in [0.25, 0.3) is 5.57 Å². The molecule has 3 rings (SSSR count). The van der Waals surface area contributed by atoms with E-state index in [-0.39, 0.29) is 0 Å². The predicted octanol–water partition coefficient (Wildman–Crippen LogP) is 6.98. The number of fused-ring (bicyclic) bond motifs is 2. The Balaban J connectivity index is 1.87. The first-order valence-corrected chi connectivity index (χ1v) is 9.85. The second-order valence-electron chi connectivity index (χ2n) is 7.50. The monoisotopic (exact) mass is 310 g/mol. The Bertz CT molecular complexity index is 545. The first kappa shape index (κ1) is 16.6. The van der Waals surface area contributed by atoms with Crippen molar-refractivity contribution in [1.29, 1.82) is 0 Å². The van der Waals surface area contributed by atoms with Gasteiger partial charge in [0.1, 0.15) is 0 Å². The Morgan fingerprint density at radius 1 is 0.957 bits per heavy atom. The van der Waals surface area contributed by atoms with Crippen molar-refractivity contribution in [3.63, 3.8) is 0 Å². The zero-order valence-electron chi connectivity index (χ0n) is 15.0. The Kier molecular flexibility index (Phi) is 5.46. The van der Waals surface area contributed by atoms with Crippen LogP contribution < -0.4 is 5.32 Å². The van der Waals surface area contributed by atoms with Gasteiger partial charge in [-0.1, -0.05) is 70.6 Å². The molecule has 1 aromatic rings. The van der Waals surface area contributed by atoms with Crippen LogP contribution >= 0.6 is 0 Å². The minimum absolute atomic E-state index is 0.372. The number of allylic oxidation sites excluding steroid dienone is 2. The molecule has 0 aromatic heterocycles. The molecular formula is C22H32N. The highest BCUT2D eigenvalue weighted by molar-refractivity contribution is 5.83.